The van der Waals surface area contributed by atoms with Crippen LogP contribution >= 0.6 is 0 Å². The molecule has 4 aliphatic carbocycles. The molecule has 0 amide bonds. The molecule has 0 aromatic carbocycles. The second-order valence-corrected chi connectivity index (χ2v) is 7.40. The fourth-order valence-electron chi connectivity index (χ4n) is 5.78. The highest BCUT2D eigenvalue weighted by Crippen LogP contribution is 2.59. The van der Waals surface area contributed by atoms with Crippen LogP contribution in [0.2, 0.25) is 0 Å². The summed E-state index contributed by atoms with van der Waals surface area (Å²) in [5.74, 6) is 5.63. The molecule has 104 valence electrons. The topological polar surface area (TPSA) is 43.8 Å². The first-order valence-corrected chi connectivity index (χ1v) is 7.93. The van der Waals surface area contributed by atoms with Crippen LogP contribution in [0.5, 0.6) is 0 Å². The second-order valence-electron chi connectivity index (χ2n) is 7.40. The fourth-order valence-corrected chi connectivity index (χ4v) is 5.78. The Kier molecular flexibility index (Phi) is 2.49. The number of aromatic nitrogens is 2. The summed E-state index contributed by atoms with van der Waals surface area (Å²) in [6.07, 6.45) is 7.42. The summed E-state index contributed by atoms with van der Waals surface area (Å²) in [5, 5.41) is 4.63. The van der Waals surface area contributed by atoms with Gasteiger partial charge in [0.1, 0.15) is 5.82 Å². The van der Waals surface area contributed by atoms with Crippen molar-refractivity contribution in [1.82, 2.24) is 9.78 Å². The van der Waals surface area contributed by atoms with Crippen molar-refractivity contribution in [3.05, 3.63) is 11.8 Å². The van der Waals surface area contributed by atoms with Gasteiger partial charge in [-0.15, -0.1) is 0 Å². The Labute approximate surface area is 115 Å². The number of anilines is 1. The van der Waals surface area contributed by atoms with Gasteiger partial charge in [0.25, 0.3) is 0 Å². The minimum atomic E-state index is 0.476. The molecule has 5 rings (SSSR count). The smallest absolute Gasteiger partial charge is 0.122 e. The van der Waals surface area contributed by atoms with Crippen LogP contribution in [-0.4, -0.2) is 9.78 Å². The third-order valence-electron chi connectivity index (χ3n) is 6.13. The Bertz CT molecular complexity index is 462. The zero-order valence-electron chi connectivity index (χ0n) is 12.0. The highest BCUT2D eigenvalue weighted by Gasteiger charge is 2.50. The molecule has 1 heterocycles. The van der Waals surface area contributed by atoms with E-state index in [0.29, 0.717) is 6.04 Å². The fraction of sp³-hybridized carbons (Fsp3) is 0.812. The third-order valence-corrected chi connectivity index (χ3v) is 6.13. The van der Waals surface area contributed by atoms with Crippen molar-refractivity contribution in [3.8, 4) is 0 Å². The van der Waals surface area contributed by atoms with Crippen LogP contribution in [0.15, 0.2) is 6.07 Å². The van der Waals surface area contributed by atoms with Crippen molar-refractivity contribution in [2.45, 2.75) is 52.0 Å². The summed E-state index contributed by atoms with van der Waals surface area (Å²) in [6.45, 7) is 4.38. The monoisotopic (exact) mass is 259 g/mol. The molecule has 0 aliphatic heterocycles. The van der Waals surface area contributed by atoms with Crippen LogP contribution in [0.4, 0.5) is 5.82 Å². The van der Waals surface area contributed by atoms with E-state index in [0.717, 1.165) is 41.1 Å². The lowest BCUT2D eigenvalue weighted by molar-refractivity contribution is -0.0568. The standard InChI is InChI=1S/C16H25N3/c1-9-3-15(17)19(18-9)10(2)16-13-5-11-4-12(7-13)8-14(16)6-11/h3,10-14,16H,4-8,17H2,1-2H3. The van der Waals surface area contributed by atoms with Gasteiger partial charge in [0.2, 0.25) is 0 Å². The van der Waals surface area contributed by atoms with Crippen LogP contribution in [0.25, 0.3) is 0 Å². The molecule has 1 unspecified atom stereocenters. The van der Waals surface area contributed by atoms with Gasteiger partial charge in [-0.25, -0.2) is 4.68 Å². The lowest BCUT2D eigenvalue weighted by Gasteiger charge is -2.56. The highest BCUT2D eigenvalue weighted by atomic mass is 15.3. The van der Waals surface area contributed by atoms with E-state index in [1.165, 1.54) is 32.1 Å². The number of nitrogen functional groups attached to an aromatic ring is 1. The maximum atomic E-state index is 6.14. The Morgan fingerprint density at radius 1 is 1.16 bits per heavy atom. The van der Waals surface area contributed by atoms with Gasteiger partial charge >= 0.3 is 0 Å². The molecule has 3 nitrogen and oxygen atoms in total. The van der Waals surface area contributed by atoms with E-state index in [1.807, 2.05) is 13.0 Å². The van der Waals surface area contributed by atoms with Crippen molar-refractivity contribution >= 4 is 5.82 Å². The first-order chi connectivity index (χ1) is 9.11. The molecule has 4 saturated carbocycles. The van der Waals surface area contributed by atoms with Gasteiger partial charge in [0.05, 0.1) is 11.7 Å². The van der Waals surface area contributed by atoms with Crippen molar-refractivity contribution < 1.29 is 0 Å². The molecule has 4 fully saturated rings. The van der Waals surface area contributed by atoms with Crippen molar-refractivity contribution in [2.24, 2.45) is 29.6 Å². The number of rotatable bonds is 2. The highest BCUT2D eigenvalue weighted by molar-refractivity contribution is 5.31. The summed E-state index contributed by atoms with van der Waals surface area (Å²) >= 11 is 0. The summed E-state index contributed by atoms with van der Waals surface area (Å²) in [5.41, 5.74) is 7.19. The largest absolute Gasteiger partial charge is 0.384 e. The lowest BCUT2D eigenvalue weighted by Crippen LogP contribution is -2.47. The molecule has 1 aromatic heterocycles. The van der Waals surface area contributed by atoms with Crippen LogP contribution in [0.1, 0.15) is 50.8 Å². The number of aryl methyl sites for hydroxylation is 1. The number of nitrogens with zero attached hydrogens (tertiary/aromatic N) is 2. The molecule has 2 N–H and O–H groups in total. The minimum absolute atomic E-state index is 0.476. The van der Waals surface area contributed by atoms with E-state index in [4.69, 9.17) is 5.73 Å². The van der Waals surface area contributed by atoms with Gasteiger partial charge in [0.15, 0.2) is 0 Å². The molecular weight excluding hydrogens is 234 g/mol. The van der Waals surface area contributed by atoms with Gasteiger partial charge in [0, 0.05) is 6.07 Å². The first-order valence-electron chi connectivity index (χ1n) is 7.93. The van der Waals surface area contributed by atoms with Crippen LogP contribution < -0.4 is 5.73 Å². The predicted octanol–water partition coefficient (Wildman–Crippen LogP) is 3.41. The molecule has 0 saturated heterocycles. The Hall–Kier alpha value is -0.990. The SMILES string of the molecule is Cc1cc(N)n(C(C)C2C3CC4CC(C3)CC2C4)n1. The maximum Gasteiger partial charge on any atom is 0.122 e. The number of hydrogen-bond acceptors (Lipinski definition) is 2. The van der Waals surface area contributed by atoms with E-state index in [9.17, 15) is 0 Å². The molecule has 3 heteroatoms. The van der Waals surface area contributed by atoms with Crippen LogP contribution in [-0.2, 0) is 0 Å². The van der Waals surface area contributed by atoms with E-state index < -0.39 is 0 Å². The molecule has 0 spiro atoms. The zero-order chi connectivity index (χ0) is 13.1. The van der Waals surface area contributed by atoms with E-state index in [1.54, 1.807) is 0 Å². The Morgan fingerprint density at radius 3 is 2.21 bits per heavy atom. The number of hydrogen-bond donors (Lipinski definition) is 1. The molecule has 19 heavy (non-hydrogen) atoms. The van der Waals surface area contributed by atoms with Gasteiger partial charge in [-0.05, 0) is 75.5 Å². The second kappa shape index (κ2) is 4.00. The molecule has 4 aliphatic rings. The summed E-state index contributed by atoms with van der Waals surface area (Å²) in [4.78, 5) is 0. The van der Waals surface area contributed by atoms with E-state index in [2.05, 4.69) is 16.7 Å². The van der Waals surface area contributed by atoms with Gasteiger partial charge in [-0.1, -0.05) is 0 Å². The van der Waals surface area contributed by atoms with Gasteiger partial charge < -0.3 is 5.73 Å². The molecule has 1 atom stereocenters. The molecule has 4 bridgehead atoms. The summed E-state index contributed by atoms with van der Waals surface area (Å²) < 4.78 is 2.10. The van der Waals surface area contributed by atoms with Gasteiger partial charge in [-0.3, -0.25) is 0 Å². The Morgan fingerprint density at radius 2 is 1.74 bits per heavy atom. The van der Waals surface area contributed by atoms with Crippen molar-refractivity contribution in [1.29, 1.82) is 0 Å². The molecule has 0 radical (unpaired) electrons. The van der Waals surface area contributed by atoms with Crippen LogP contribution in [0, 0.1) is 36.5 Å². The van der Waals surface area contributed by atoms with E-state index >= 15 is 0 Å². The third kappa shape index (κ3) is 1.73. The first kappa shape index (κ1) is 11.8. The van der Waals surface area contributed by atoms with Crippen LogP contribution in [0.3, 0.4) is 0 Å². The average Bonchev–Trinajstić information content (AvgIpc) is 2.66. The minimum Gasteiger partial charge on any atom is -0.384 e. The summed E-state index contributed by atoms with van der Waals surface area (Å²) in [7, 11) is 0. The average molecular weight is 259 g/mol. The predicted molar refractivity (Wildman–Crippen MR) is 76.6 cm³/mol. The van der Waals surface area contributed by atoms with E-state index in [-0.39, 0.29) is 0 Å². The maximum absolute atomic E-state index is 6.14. The quantitative estimate of drug-likeness (QED) is 0.884. The zero-order valence-corrected chi connectivity index (χ0v) is 12.0. The molecule has 1 aromatic rings. The lowest BCUT2D eigenvalue weighted by atomic mass is 9.50. The molecular formula is C16H25N3. The number of nitrogens with two attached hydrogens (primary N) is 1. The normalized spacial score (nSPS) is 41.7. The van der Waals surface area contributed by atoms with Crippen molar-refractivity contribution in [2.75, 3.05) is 5.73 Å². The van der Waals surface area contributed by atoms with Gasteiger partial charge in [-0.2, -0.15) is 5.10 Å². The Balaban J connectivity index is 1.63. The summed E-state index contributed by atoms with van der Waals surface area (Å²) in [6, 6.07) is 2.48. The van der Waals surface area contributed by atoms with Crippen molar-refractivity contribution in [3.63, 3.8) is 0 Å².